The highest BCUT2D eigenvalue weighted by Crippen LogP contribution is 2.25. The maximum atomic E-state index is 4.55. The third-order valence-corrected chi connectivity index (χ3v) is 3.68. The molecule has 3 heteroatoms. The summed E-state index contributed by atoms with van der Waals surface area (Å²) < 4.78 is 0.986. The summed E-state index contributed by atoms with van der Waals surface area (Å²) in [5, 5.41) is 3.25. The molecule has 0 saturated carbocycles. The maximum absolute atomic E-state index is 4.55. The normalized spacial score (nSPS) is 10.4. The van der Waals surface area contributed by atoms with Crippen molar-refractivity contribution in [3.63, 3.8) is 0 Å². The molecule has 2 aromatic rings. The Morgan fingerprint density at radius 2 is 2.29 bits per heavy atom. The lowest BCUT2D eigenvalue weighted by Gasteiger charge is -1.96. The summed E-state index contributed by atoms with van der Waals surface area (Å²) in [6.45, 7) is 2.11. The molecule has 1 nitrogen and oxygen atoms in total. The Morgan fingerprint density at radius 3 is 2.93 bits per heavy atom. The third kappa shape index (κ3) is 2.15. The van der Waals surface area contributed by atoms with E-state index in [1.807, 2.05) is 0 Å². The van der Waals surface area contributed by atoms with Crippen molar-refractivity contribution < 1.29 is 0 Å². The van der Waals surface area contributed by atoms with E-state index < -0.39 is 0 Å². The van der Waals surface area contributed by atoms with E-state index >= 15 is 0 Å². The smallest absolute Gasteiger partial charge is 0.123 e. The van der Waals surface area contributed by atoms with Gasteiger partial charge in [-0.2, -0.15) is 0 Å². The van der Waals surface area contributed by atoms with Crippen LogP contribution < -0.4 is 0 Å². The second-order valence-electron chi connectivity index (χ2n) is 3.15. The lowest BCUT2D eigenvalue weighted by atomic mass is 10.1. The number of aromatic nitrogens is 1. The number of hydrogen-bond acceptors (Lipinski definition) is 2. The fourth-order valence-corrected chi connectivity index (χ4v) is 2.79. The number of hydrogen-bond donors (Lipinski definition) is 0. The van der Waals surface area contributed by atoms with E-state index in [0.29, 0.717) is 0 Å². The zero-order valence-corrected chi connectivity index (χ0v) is 10.8. The van der Waals surface area contributed by atoms with Crippen LogP contribution in [0.2, 0.25) is 0 Å². The summed E-state index contributed by atoms with van der Waals surface area (Å²) in [7, 11) is 0. The predicted molar refractivity (Wildman–Crippen MR) is 70.0 cm³/mol. The average Bonchev–Trinajstić information content (AvgIpc) is 2.66. The summed E-state index contributed by atoms with van der Waals surface area (Å²) in [6.07, 6.45) is 0. The Labute approximate surface area is 101 Å². The van der Waals surface area contributed by atoms with Crippen LogP contribution in [0, 0.1) is 6.92 Å². The molecule has 0 N–H and O–H groups in total. The van der Waals surface area contributed by atoms with E-state index in [4.69, 9.17) is 0 Å². The lowest BCUT2D eigenvalue weighted by Crippen LogP contribution is -1.79. The van der Waals surface area contributed by atoms with Crippen LogP contribution in [0.5, 0.6) is 0 Å². The number of halogens is 1. The molecule has 72 valence electrons. The van der Waals surface area contributed by atoms with Gasteiger partial charge < -0.3 is 0 Å². The van der Waals surface area contributed by atoms with Crippen LogP contribution in [-0.4, -0.2) is 4.98 Å². The lowest BCUT2D eigenvalue weighted by molar-refractivity contribution is 1.26. The Morgan fingerprint density at radius 1 is 1.43 bits per heavy atom. The van der Waals surface area contributed by atoms with Crippen LogP contribution in [0.3, 0.4) is 0 Å². The van der Waals surface area contributed by atoms with Gasteiger partial charge in [0.2, 0.25) is 0 Å². The second kappa shape index (κ2) is 4.40. The minimum Gasteiger partial charge on any atom is -0.240 e. The van der Waals surface area contributed by atoms with Crippen LogP contribution in [0.4, 0.5) is 0 Å². The predicted octanol–water partition coefficient (Wildman–Crippen LogP) is 4.05. The molecule has 0 amide bonds. The Kier molecular flexibility index (Phi) is 3.18. The van der Waals surface area contributed by atoms with E-state index in [1.54, 1.807) is 11.3 Å². The van der Waals surface area contributed by atoms with Gasteiger partial charge >= 0.3 is 0 Å². The van der Waals surface area contributed by atoms with Gasteiger partial charge in [0.15, 0.2) is 0 Å². The minimum absolute atomic E-state index is 0.986. The molecule has 0 unspecified atom stereocenters. The molecule has 0 radical (unpaired) electrons. The molecular formula is C11H10INS. The number of rotatable bonds is 2. The van der Waals surface area contributed by atoms with Crippen molar-refractivity contribution >= 4 is 33.9 Å². The first-order valence-electron chi connectivity index (χ1n) is 4.37. The molecule has 1 aromatic heterocycles. The van der Waals surface area contributed by atoms with Gasteiger partial charge in [0, 0.05) is 15.4 Å². The number of benzene rings is 1. The molecule has 0 aliphatic carbocycles. The first-order valence-corrected chi connectivity index (χ1v) is 6.77. The molecule has 1 heterocycles. The van der Waals surface area contributed by atoms with Crippen LogP contribution >= 0.6 is 33.9 Å². The summed E-state index contributed by atoms with van der Waals surface area (Å²) >= 11 is 4.06. The van der Waals surface area contributed by atoms with Crippen LogP contribution in [0.25, 0.3) is 10.6 Å². The van der Waals surface area contributed by atoms with Crippen molar-refractivity contribution in [1.82, 2.24) is 4.98 Å². The van der Waals surface area contributed by atoms with Gasteiger partial charge in [-0.25, -0.2) is 4.98 Å². The van der Waals surface area contributed by atoms with Gasteiger partial charge in [-0.05, 0) is 13.0 Å². The fraction of sp³-hybridized carbons (Fsp3) is 0.182. The van der Waals surface area contributed by atoms with E-state index in [-0.39, 0.29) is 0 Å². The van der Waals surface area contributed by atoms with Gasteiger partial charge in [-0.15, -0.1) is 11.3 Å². The summed E-state index contributed by atoms with van der Waals surface area (Å²) in [5.74, 6) is 0. The SMILES string of the molecule is Cc1cccc(-c2nc(CI)cs2)c1. The summed E-state index contributed by atoms with van der Waals surface area (Å²) in [6, 6.07) is 8.48. The van der Waals surface area contributed by atoms with Crippen molar-refractivity contribution in [1.29, 1.82) is 0 Å². The molecule has 0 fully saturated rings. The van der Waals surface area contributed by atoms with E-state index in [1.165, 1.54) is 16.8 Å². The van der Waals surface area contributed by atoms with Crippen molar-refractivity contribution in [2.75, 3.05) is 0 Å². The molecule has 0 saturated heterocycles. The van der Waals surface area contributed by atoms with Crippen LogP contribution in [0.1, 0.15) is 11.3 Å². The Balaban J connectivity index is 2.39. The third-order valence-electron chi connectivity index (χ3n) is 1.95. The Bertz CT molecular complexity index is 436. The molecule has 1 aromatic carbocycles. The number of aryl methyl sites for hydroxylation is 1. The molecule has 14 heavy (non-hydrogen) atoms. The van der Waals surface area contributed by atoms with Gasteiger partial charge in [0.1, 0.15) is 5.01 Å². The molecule has 2 rings (SSSR count). The fourth-order valence-electron chi connectivity index (χ4n) is 1.28. The van der Waals surface area contributed by atoms with Crippen molar-refractivity contribution in [2.24, 2.45) is 0 Å². The molecule has 0 bridgehead atoms. The van der Waals surface area contributed by atoms with E-state index in [9.17, 15) is 0 Å². The Hall–Kier alpha value is -0.420. The highest BCUT2D eigenvalue weighted by Gasteiger charge is 2.03. The van der Waals surface area contributed by atoms with Crippen molar-refractivity contribution in [2.45, 2.75) is 11.4 Å². The maximum Gasteiger partial charge on any atom is 0.123 e. The van der Waals surface area contributed by atoms with E-state index in [0.717, 1.165) is 9.44 Å². The molecule has 0 atom stereocenters. The van der Waals surface area contributed by atoms with Gasteiger partial charge in [0.25, 0.3) is 0 Å². The zero-order chi connectivity index (χ0) is 9.97. The standard InChI is InChI=1S/C11H10INS/c1-8-3-2-4-9(5-8)11-13-10(6-12)7-14-11/h2-5,7H,6H2,1H3. The zero-order valence-electron chi connectivity index (χ0n) is 7.83. The largest absolute Gasteiger partial charge is 0.240 e. The molecule has 0 aliphatic heterocycles. The highest BCUT2D eigenvalue weighted by atomic mass is 127. The van der Waals surface area contributed by atoms with Crippen molar-refractivity contribution in [3.05, 3.63) is 40.9 Å². The first kappa shape index (κ1) is 10.1. The van der Waals surface area contributed by atoms with Crippen molar-refractivity contribution in [3.8, 4) is 10.6 Å². The summed E-state index contributed by atoms with van der Waals surface area (Å²) in [4.78, 5) is 4.55. The second-order valence-corrected chi connectivity index (χ2v) is 4.77. The highest BCUT2D eigenvalue weighted by molar-refractivity contribution is 14.1. The molecule has 0 aliphatic rings. The van der Waals surface area contributed by atoms with Gasteiger partial charge in [-0.1, -0.05) is 46.4 Å². The topological polar surface area (TPSA) is 12.9 Å². The minimum atomic E-state index is 0.986. The van der Waals surface area contributed by atoms with E-state index in [2.05, 4.69) is 64.1 Å². The van der Waals surface area contributed by atoms with Crippen LogP contribution in [0.15, 0.2) is 29.6 Å². The van der Waals surface area contributed by atoms with Gasteiger partial charge in [-0.3, -0.25) is 0 Å². The number of thiazole rings is 1. The molecule has 0 spiro atoms. The first-order chi connectivity index (χ1) is 6.79. The number of nitrogens with zero attached hydrogens (tertiary/aromatic N) is 1. The quantitative estimate of drug-likeness (QED) is 0.602. The summed E-state index contributed by atoms with van der Waals surface area (Å²) in [5.41, 5.74) is 3.69. The monoisotopic (exact) mass is 315 g/mol. The van der Waals surface area contributed by atoms with Gasteiger partial charge in [0.05, 0.1) is 5.69 Å². The average molecular weight is 315 g/mol. The molecular weight excluding hydrogens is 305 g/mol. The number of alkyl halides is 1. The van der Waals surface area contributed by atoms with Crippen LogP contribution in [-0.2, 0) is 4.43 Å².